The molecule has 0 aliphatic heterocycles. The molecule has 0 aromatic heterocycles. The van der Waals surface area contributed by atoms with Gasteiger partial charge in [-0.3, -0.25) is 4.79 Å². The third-order valence-corrected chi connectivity index (χ3v) is 3.01. The first-order chi connectivity index (χ1) is 7.47. The molecule has 1 atom stereocenters. The van der Waals surface area contributed by atoms with Crippen LogP contribution in [0.4, 0.5) is 4.39 Å². The molecule has 1 amide bonds. The molecule has 0 spiro atoms. The fourth-order valence-electron chi connectivity index (χ4n) is 1.29. The topological polar surface area (TPSA) is 20.3 Å². The van der Waals surface area contributed by atoms with E-state index in [2.05, 4.69) is 0 Å². The van der Waals surface area contributed by atoms with E-state index >= 15 is 0 Å². The summed E-state index contributed by atoms with van der Waals surface area (Å²) in [6.07, 6.45) is 0. The normalized spacial score (nSPS) is 12.3. The van der Waals surface area contributed by atoms with E-state index in [1.165, 1.54) is 17.0 Å². The highest BCUT2D eigenvalue weighted by Gasteiger charge is 2.19. The Morgan fingerprint density at radius 3 is 2.69 bits per heavy atom. The van der Waals surface area contributed by atoms with Gasteiger partial charge in [0.05, 0.1) is 5.56 Å². The first kappa shape index (κ1) is 13.0. The molecule has 2 nitrogen and oxygen atoms in total. The van der Waals surface area contributed by atoms with Crippen molar-refractivity contribution in [2.45, 2.75) is 19.9 Å². The summed E-state index contributed by atoms with van der Waals surface area (Å²) in [7, 11) is 1.62. The summed E-state index contributed by atoms with van der Waals surface area (Å²) in [5, 5.41) is 0. The summed E-state index contributed by atoms with van der Waals surface area (Å²) in [5.41, 5.74) is 0.882. The lowest BCUT2D eigenvalue weighted by Crippen LogP contribution is -2.36. The molecular formula is C12H15ClFNO. The number of hydrogen-bond donors (Lipinski definition) is 0. The predicted molar refractivity (Wildman–Crippen MR) is 63.4 cm³/mol. The Hall–Kier alpha value is -1.09. The molecule has 0 N–H and O–H groups in total. The second-order valence-corrected chi connectivity index (χ2v) is 4.21. The van der Waals surface area contributed by atoms with Gasteiger partial charge in [0.15, 0.2) is 0 Å². The molecule has 0 saturated carbocycles. The largest absolute Gasteiger partial charge is 0.338 e. The van der Waals surface area contributed by atoms with E-state index in [1.54, 1.807) is 20.0 Å². The van der Waals surface area contributed by atoms with E-state index in [0.717, 1.165) is 5.56 Å². The van der Waals surface area contributed by atoms with Crippen molar-refractivity contribution in [3.05, 3.63) is 35.1 Å². The zero-order valence-electron chi connectivity index (χ0n) is 9.63. The average Bonchev–Trinajstić information content (AvgIpc) is 2.26. The SMILES string of the molecule is Cc1ccc(C(=O)N(C)C(C)CCl)c(F)c1. The third kappa shape index (κ3) is 2.73. The number of nitrogens with zero attached hydrogens (tertiary/aromatic N) is 1. The molecule has 0 bridgehead atoms. The molecule has 16 heavy (non-hydrogen) atoms. The first-order valence-corrected chi connectivity index (χ1v) is 5.60. The average molecular weight is 244 g/mol. The predicted octanol–water partition coefficient (Wildman–Crippen LogP) is 2.83. The molecule has 1 aromatic rings. The van der Waals surface area contributed by atoms with Crippen LogP contribution in [0.25, 0.3) is 0 Å². The van der Waals surface area contributed by atoms with Gasteiger partial charge in [0.1, 0.15) is 5.82 Å². The van der Waals surface area contributed by atoms with Crippen LogP contribution in [0.1, 0.15) is 22.8 Å². The molecule has 1 aromatic carbocycles. The van der Waals surface area contributed by atoms with E-state index in [0.29, 0.717) is 5.88 Å². The minimum Gasteiger partial charge on any atom is -0.338 e. The van der Waals surface area contributed by atoms with Gasteiger partial charge in [-0.2, -0.15) is 0 Å². The lowest BCUT2D eigenvalue weighted by atomic mass is 10.1. The van der Waals surface area contributed by atoms with E-state index in [9.17, 15) is 9.18 Å². The van der Waals surface area contributed by atoms with Crippen LogP contribution in [0.2, 0.25) is 0 Å². The molecule has 0 radical (unpaired) electrons. The molecule has 1 rings (SSSR count). The van der Waals surface area contributed by atoms with Gasteiger partial charge in [-0.05, 0) is 31.5 Å². The number of carbonyl (C=O) groups excluding carboxylic acids is 1. The Bertz CT molecular complexity index is 395. The first-order valence-electron chi connectivity index (χ1n) is 5.06. The minimum absolute atomic E-state index is 0.0880. The number of benzene rings is 1. The summed E-state index contributed by atoms with van der Waals surface area (Å²) < 4.78 is 13.5. The minimum atomic E-state index is -0.487. The van der Waals surface area contributed by atoms with Gasteiger partial charge in [0.25, 0.3) is 5.91 Å². The number of amides is 1. The Balaban J connectivity index is 2.96. The van der Waals surface area contributed by atoms with E-state index in [1.807, 2.05) is 6.92 Å². The second-order valence-electron chi connectivity index (χ2n) is 3.90. The summed E-state index contributed by atoms with van der Waals surface area (Å²) in [4.78, 5) is 13.3. The number of carbonyl (C=O) groups is 1. The van der Waals surface area contributed by atoms with Crippen molar-refractivity contribution < 1.29 is 9.18 Å². The van der Waals surface area contributed by atoms with Crippen molar-refractivity contribution in [3.8, 4) is 0 Å². The quantitative estimate of drug-likeness (QED) is 0.748. The Morgan fingerprint density at radius 1 is 1.56 bits per heavy atom. The zero-order chi connectivity index (χ0) is 12.3. The standard InChI is InChI=1S/C12H15ClFNO/c1-8-4-5-10(11(14)6-8)12(16)15(3)9(2)7-13/h4-6,9H,7H2,1-3H3. The highest BCUT2D eigenvalue weighted by atomic mass is 35.5. The summed E-state index contributed by atoms with van der Waals surface area (Å²) in [6, 6.07) is 4.46. The van der Waals surface area contributed by atoms with Crippen LogP contribution in [-0.2, 0) is 0 Å². The lowest BCUT2D eigenvalue weighted by molar-refractivity contribution is 0.0752. The molecule has 0 fully saturated rings. The van der Waals surface area contributed by atoms with Gasteiger partial charge >= 0.3 is 0 Å². The molecule has 88 valence electrons. The smallest absolute Gasteiger partial charge is 0.256 e. The molecule has 0 saturated heterocycles. The van der Waals surface area contributed by atoms with Gasteiger partial charge in [0.2, 0.25) is 0 Å². The molecule has 1 unspecified atom stereocenters. The van der Waals surface area contributed by atoms with Gasteiger partial charge in [-0.1, -0.05) is 6.07 Å². The van der Waals surface area contributed by atoms with Crippen molar-refractivity contribution in [2.75, 3.05) is 12.9 Å². The highest BCUT2D eigenvalue weighted by Crippen LogP contribution is 2.13. The van der Waals surface area contributed by atoms with Gasteiger partial charge in [-0.15, -0.1) is 11.6 Å². The maximum absolute atomic E-state index is 13.5. The van der Waals surface area contributed by atoms with Crippen molar-refractivity contribution in [3.63, 3.8) is 0 Å². The molecular weight excluding hydrogens is 229 g/mol. The van der Waals surface area contributed by atoms with E-state index in [4.69, 9.17) is 11.6 Å². The zero-order valence-corrected chi connectivity index (χ0v) is 10.4. The van der Waals surface area contributed by atoms with Crippen LogP contribution >= 0.6 is 11.6 Å². The van der Waals surface area contributed by atoms with E-state index in [-0.39, 0.29) is 17.5 Å². The van der Waals surface area contributed by atoms with Crippen LogP contribution < -0.4 is 0 Å². The molecule has 0 aliphatic rings. The Morgan fingerprint density at radius 2 is 2.19 bits per heavy atom. The van der Waals surface area contributed by atoms with E-state index < -0.39 is 5.82 Å². The number of halogens is 2. The van der Waals surface area contributed by atoms with Crippen molar-refractivity contribution >= 4 is 17.5 Å². The summed E-state index contributed by atoms with van der Waals surface area (Å²) >= 11 is 5.66. The number of rotatable bonds is 3. The molecule has 4 heteroatoms. The summed E-state index contributed by atoms with van der Waals surface area (Å²) in [5.74, 6) is -0.500. The fraction of sp³-hybridized carbons (Fsp3) is 0.417. The van der Waals surface area contributed by atoms with Crippen LogP contribution in [0, 0.1) is 12.7 Å². The fourth-order valence-corrected chi connectivity index (χ4v) is 1.49. The van der Waals surface area contributed by atoms with Crippen LogP contribution in [0.5, 0.6) is 0 Å². The second kappa shape index (κ2) is 5.30. The van der Waals surface area contributed by atoms with Crippen molar-refractivity contribution in [1.29, 1.82) is 0 Å². The molecule has 0 aliphatic carbocycles. The van der Waals surface area contributed by atoms with Gasteiger partial charge in [-0.25, -0.2) is 4.39 Å². The molecule has 0 heterocycles. The number of alkyl halides is 1. The number of aryl methyl sites for hydroxylation is 1. The van der Waals surface area contributed by atoms with Crippen molar-refractivity contribution in [1.82, 2.24) is 4.90 Å². The van der Waals surface area contributed by atoms with Crippen LogP contribution in [-0.4, -0.2) is 29.8 Å². The Labute approximate surface area is 100 Å². The van der Waals surface area contributed by atoms with Gasteiger partial charge in [0, 0.05) is 19.0 Å². The highest BCUT2D eigenvalue weighted by molar-refractivity contribution is 6.18. The Kier molecular flexibility index (Phi) is 4.30. The lowest BCUT2D eigenvalue weighted by Gasteiger charge is -2.23. The summed E-state index contributed by atoms with van der Waals surface area (Å²) in [6.45, 7) is 3.60. The maximum atomic E-state index is 13.5. The maximum Gasteiger partial charge on any atom is 0.256 e. The monoisotopic (exact) mass is 243 g/mol. The third-order valence-electron chi connectivity index (χ3n) is 2.56. The number of hydrogen-bond acceptors (Lipinski definition) is 1. The van der Waals surface area contributed by atoms with Gasteiger partial charge < -0.3 is 4.90 Å². The van der Waals surface area contributed by atoms with Crippen molar-refractivity contribution in [2.24, 2.45) is 0 Å². The van der Waals surface area contributed by atoms with Crippen LogP contribution in [0.15, 0.2) is 18.2 Å². The van der Waals surface area contributed by atoms with Crippen LogP contribution in [0.3, 0.4) is 0 Å².